The van der Waals surface area contributed by atoms with Crippen LogP contribution in [0.3, 0.4) is 0 Å². The molecule has 0 radical (unpaired) electrons. The van der Waals surface area contributed by atoms with Crippen molar-refractivity contribution < 1.29 is 17.9 Å². The molecule has 0 bridgehead atoms. The van der Waals surface area contributed by atoms with Crippen LogP contribution in [0.1, 0.15) is 12.5 Å². The Morgan fingerprint density at radius 1 is 0.964 bits per heavy atom. The quantitative estimate of drug-likeness (QED) is 0.677. The number of benzene rings is 2. The zero-order chi connectivity index (χ0) is 20.0. The molecule has 1 aliphatic rings. The molecule has 1 aliphatic heterocycles. The fourth-order valence-electron chi connectivity index (χ4n) is 3.25. The molecule has 2 aromatic carbocycles. The van der Waals surface area contributed by atoms with Gasteiger partial charge >= 0.3 is 0 Å². The third-order valence-electron chi connectivity index (χ3n) is 4.99. The molecular formula is C21H28N2O4S. The second kappa shape index (κ2) is 9.30. The van der Waals surface area contributed by atoms with Gasteiger partial charge < -0.3 is 14.4 Å². The molecular weight excluding hydrogens is 376 g/mol. The van der Waals surface area contributed by atoms with Crippen molar-refractivity contribution in [1.29, 1.82) is 0 Å². The van der Waals surface area contributed by atoms with Gasteiger partial charge in [-0.2, -0.15) is 4.31 Å². The van der Waals surface area contributed by atoms with E-state index in [4.69, 9.17) is 9.47 Å². The lowest BCUT2D eigenvalue weighted by atomic mass is 10.2. The van der Waals surface area contributed by atoms with Crippen LogP contribution < -0.4 is 14.4 Å². The first-order valence-corrected chi connectivity index (χ1v) is 11.2. The molecule has 0 aliphatic carbocycles. The van der Waals surface area contributed by atoms with E-state index in [9.17, 15) is 8.42 Å². The minimum absolute atomic E-state index is 0.0122. The highest BCUT2D eigenvalue weighted by molar-refractivity contribution is 7.89. The number of nitrogens with zero attached hydrogens (tertiary/aromatic N) is 2. The number of ether oxygens (including phenoxy) is 2. The standard InChI is InChI=1S/C21H28N2O4S/c1-3-18-7-9-20(10-8-18)27-15-16-28(24,25)23-13-11-22(12-14-23)19-5-4-6-21(17-19)26-2/h4-10,17H,3,11-16H2,1-2H3. The summed E-state index contributed by atoms with van der Waals surface area (Å²) in [6.07, 6.45) is 0.969. The van der Waals surface area contributed by atoms with Gasteiger partial charge in [-0.25, -0.2) is 8.42 Å². The minimum Gasteiger partial charge on any atom is -0.497 e. The van der Waals surface area contributed by atoms with Crippen molar-refractivity contribution in [2.24, 2.45) is 0 Å². The molecule has 0 atom stereocenters. The summed E-state index contributed by atoms with van der Waals surface area (Å²) in [5.74, 6) is 1.49. The average molecular weight is 405 g/mol. The normalized spacial score (nSPS) is 15.4. The van der Waals surface area contributed by atoms with Gasteiger partial charge in [0.25, 0.3) is 0 Å². The highest BCUT2D eigenvalue weighted by Gasteiger charge is 2.27. The summed E-state index contributed by atoms with van der Waals surface area (Å²) < 4.78 is 37.7. The number of rotatable bonds is 8. The van der Waals surface area contributed by atoms with Gasteiger partial charge in [0, 0.05) is 37.9 Å². The van der Waals surface area contributed by atoms with Crippen LogP contribution in [0.15, 0.2) is 48.5 Å². The summed E-state index contributed by atoms with van der Waals surface area (Å²) in [7, 11) is -1.69. The van der Waals surface area contributed by atoms with Crippen molar-refractivity contribution in [2.45, 2.75) is 13.3 Å². The highest BCUT2D eigenvalue weighted by atomic mass is 32.2. The van der Waals surface area contributed by atoms with Crippen LogP contribution in [0.25, 0.3) is 0 Å². The predicted molar refractivity (Wildman–Crippen MR) is 112 cm³/mol. The lowest BCUT2D eigenvalue weighted by molar-refractivity contribution is 0.331. The maximum absolute atomic E-state index is 12.6. The van der Waals surface area contributed by atoms with Crippen molar-refractivity contribution in [1.82, 2.24) is 4.31 Å². The number of hydrogen-bond donors (Lipinski definition) is 0. The van der Waals surface area contributed by atoms with E-state index in [-0.39, 0.29) is 12.4 Å². The number of piperazine rings is 1. The molecule has 6 nitrogen and oxygen atoms in total. The third-order valence-corrected chi connectivity index (χ3v) is 6.83. The summed E-state index contributed by atoms with van der Waals surface area (Å²) in [5.41, 5.74) is 2.28. The topological polar surface area (TPSA) is 59.1 Å². The van der Waals surface area contributed by atoms with Crippen LogP contribution in [0.4, 0.5) is 5.69 Å². The second-order valence-electron chi connectivity index (χ2n) is 6.75. The average Bonchev–Trinajstić information content (AvgIpc) is 2.74. The number of anilines is 1. The Hall–Kier alpha value is -2.25. The van der Waals surface area contributed by atoms with Crippen LogP contribution >= 0.6 is 0 Å². The zero-order valence-electron chi connectivity index (χ0n) is 16.5. The van der Waals surface area contributed by atoms with Gasteiger partial charge in [0.1, 0.15) is 18.1 Å². The van der Waals surface area contributed by atoms with E-state index in [1.165, 1.54) is 5.56 Å². The zero-order valence-corrected chi connectivity index (χ0v) is 17.3. The summed E-state index contributed by atoms with van der Waals surface area (Å²) in [4.78, 5) is 2.18. The van der Waals surface area contributed by atoms with Crippen LogP contribution in [-0.2, 0) is 16.4 Å². The van der Waals surface area contributed by atoms with Crippen LogP contribution in [-0.4, -0.2) is 58.4 Å². The predicted octanol–water partition coefficient (Wildman–Crippen LogP) is 2.79. The SMILES string of the molecule is CCc1ccc(OCCS(=O)(=O)N2CCN(c3cccc(OC)c3)CC2)cc1. The molecule has 0 unspecified atom stereocenters. The van der Waals surface area contributed by atoms with Crippen molar-refractivity contribution in [2.75, 3.05) is 50.5 Å². The largest absolute Gasteiger partial charge is 0.497 e. The van der Waals surface area contributed by atoms with Crippen molar-refractivity contribution in [3.05, 3.63) is 54.1 Å². The fraction of sp³-hybridized carbons (Fsp3) is 0.429. The Balaban J connectivity index is 1.49. The van der Waals surface area contributed by atoms with Gasteiger partial charge in [-0.3, -0.25) is 0 Å². The van der Waals surface area contributed by atoms with Gasteiger partial charge in [0.15, 0.2) is 0 Å². The molecule has 0 N–H and O–H groups in total. The minimum atomic E-state index is -3.33. The van der Waals surface area contributed by atoms with Gasteiger partial charge in [0.05, 0.1) is 12.9 Å². The van der Waals surface area contributed by atoms with Crippen LogP contribution in [0.2, 0.25) is 0 Å². The Morgan fingerprint density at radius 2 is 1.68 bits per heavy atom. The van der Waals surface area contributed by atoms with Crippen LogP contribution in [0, 0.1) is 0 Å². The Morgan fingerprint density at radius 3 is 2.32 bits per heavy atom. The smallest absolute Gasteiger partial charge is 0.217 e. The Labute approximate surface area is 167 Å². The molecule has 0 spiro atoms. The van der Waals surface area contributed by atoms with Crippen molar-refractivity contribution in [3.63, 3.8) is 0 Å². The summed E-state index contributed by atoms with van der Waals surface area (Å²) in [6.45, 7) is 4.52. The van der Waals surface area contributed by atoms with Gasteiger partial charge in [-0.15, -0.1) is 0 Å². The number of hydrogen-bond acceptors (Lipinski definition) is 5. The maximum atomic E-state index is 12.6. The second-order valence-corrected chi connectivity index (χ2v) is 8.84. The lowest BCUT2D eigenvalue weighted by Crippen LogP contribution is -2.49. The molecule has 3 rings (SSSR count). The van der Waals surface area contributed by atoms with Crippen molar-refractivity contribution >= 4 is 15.7 Å². The molecule has 1 heterocycles. The summed E-state index contributed by atoms with van der Waals surface area (Å²) in [6, 6.07) is 15.6. The van der Waals surface area contributed by atoms with E-state index in [2.05, 4.69) is 11.8 Å². The molecule has 152 valence electrons. The molecule has 0 aromatic heterocycles. The first-order valence-electron chi connectivity index (χ1n) is 9.60. The fourth-order valence-corrected chi connectivity index (χ4v) is 4.52. The molecule has 7 heteroatoms. The highest BCUT2D eigenvalue weighted by Crippen LogP contribution is 2.22. The molecule has 1 saturated heterocycles. The van der Waals surface area contributed by atoms with Crippen molar-refractivity contribution in [3.8, 4) is 11.5 Å². The van der Waals surface area contributed by atoms with E-state index < -0.39 is 10.0 Å². The monoisotopic (exact) mass is 404 g/mol. The van der Waals surface area contributed by atoms with E-state index in [1.807, 2.05) is 48.5 Å². The third kappa shape index (κ3) is 5.17. The molecule has 0 saturated carbocycles. The van der Waals surface area contributed by atoms with Gasteiger partial charge in [-0.05, 0) is 36.2 Å². The maximum Gasteiger partial charge on any atom is 0.217 e. The van der Waals surface area contributed by atoms with Crippen LogP contribution in [0.5, 0.6) is 11.5 Å². The summed E-state index contributed by atoms with van der Waals surface area (Å²) >= 11 is 0. The van der Waals surface area contributed by atoms with E-state index >= 15 is 0 Å². The lowest BCUT2D eigenvalue weighted by Gasteiger charge is -2.35. The van der Waals surface area contributed by atoms with Gasteiger partial charge in [0.2, 0.25) is 10.0 Å². The molecule has 0 amide bonds. The number of aryl methyl sites for hydroxylation is 1. The molecule has 2 aromatic rings. The molecule has 1 fully saturated rings. The first kappa shape index (κ1) is 20.5. The molecule has 28 heavy (non-hydrogen) atoms. The van der Waals surface area contributed by atoms with Gasteiger partial charge in [-0.1, -0.05) is 25.1 Å². The van der Waals surface area contributed by atoms with E-state index in [0.29, 0.717) is 31.9 Å². The summed E-state index contributed by atoms with van der Waals surface area (Å²) in [5, 5.41) is 0. The number of sulfonamides is 1. The Kier molecular flexibility index (Phi) is 6.80. The van der Waals surface area contributed by atoms with E-state index in [1.54, 1.807) is 11.4 Å². The number of methoxy groups -OCH3 is 1. The van der Waals surface area contributed by atoms with E-state index in [0.717, 1.165) is 17.9 Å². The Bertz CT molecular complexity index is 860. The first-order chi connectivity index (χ1) is 13.5.